The second-order valence-corrected chi connectivity index (χ2v) is 5.50. The van der Waals surface area contributed by atoms with Gasteiger partial charge >= 0.3 is 0 Å². The van der Waals surface area contributed by atoms with Crippen LogP contribution >= 0.6 is 0 Å². The zero-order valence-corrected chi connectivity index (χ0v) is 13.7. The van der Waals surface area contributed by atoms with Crippen LogP contribution in [0, 0.1) is 0 Å². The van der Waals surface area contributed by atoms with Gasteiger partial charge in [-0.15, -0.1) is 0 Å². The normalized spacial score (nSPS) is 11.6. The largest absolute Gasteiger partial charge is 0.351 e. The molecule has 6 nitrogen and oxygen atoms in total. The first-order chi connectivity index (χ1) is 11.6. The Morgan fingerprint density at radius 1 is 1.12 bits per heavy atom. The van der Waals surface area contributed by atoms with Gasteiger partial charge in [0.2, 0.25) is 5.91 Å². The molecule has 0 bridgehead atoms. The van der Waals surface area contributed by atoms with Crippen LogP contribution in [0.15, 0.2) is 48.8 Å². The average molecular weight is 326 g/mol. The number of hydrogen-bond donors (Lipinski definition) is 3. The van der Waals surface area contributed by atoms with E-state index < -0.39 is 6.04 Å². The van der Waals surface area contributed by atoms with E-state index in [9.17, 15) is 9.59 Å². The van der Waals surface area contributed by atoms with E-state index in [2.05, 4.69) is 15.6 Å². The van der Waals surface area contributed by atoms with Gasteiger partial charge in [-0.2, -0.15) is 0 Å². The highest BCUT2D eigenvalue weighted by molar-refractivity contribution is 6.04. The summed E-state index contributed by atoms with van der Waals surface area (Å²) >= 11 is 0. The van der Waals surface area contributed by atoms with Gasteiger partial charge in [0.25, 0.3) is 5.91 Å². The number of amides is 2. The third-order valence-corrected chi connectivity index (χ3v) is 3.56. The first kappa shape index (κ1) is 17.6. The number of nitrogens with zero attached hydrogens (tertiary/aromatic N) is 1. The summed E-state index contributed by atoms with van der Waals surface area (Å²) in [6.07, 6.45) is 4.77. The van der Waals surface area contributed by atoms with Crippen molar-refractivity contribution in [2.24, 2.45) is 5.73 Å². The number of anilines is 1. The highest BCUT2D eigenvalue weighted by atomic mass is 16.2. The molecule has 0 aliphatic heterocycles. The number of nitrogens with two attached hydrogens (primary N) is 1. The smallest absolute Gasteiger partial charge is 0.255 e. The number of pyridine rings is 1. The fourth-order valence-electron chi connectivity index (χ4n) is 2.17. The molecule has 2 rings (SSSR count). The van der Waals surface area contributed by atoms with E-state index in [0.29, 0.717) is 24.2 Å². The van der Waals surface area contributed by atoms with Crippen molar-refractivity contribution in [2.75, 3.05) is 5.32 Å². The minimum absolute atomic E-state index is 0.156. The minimum atomic E-state index is -0.472. The summed E-state index contributed by atoms with van der Waals surface area (Å²) in [5.74, 6) is -0.349. The van der Waals surface area contributed by atoms with Gasteiger partial charge in [-0.05, 0) is 36.2 Å². The first-order valence-corrected chi connectivity index (χ1v) is 7.93. The topological polar surface area (TPSA) is 97.1 Å². The number of aromatic nitrogens is 1. The molecule has 0 aliphatic carbocycles. The summed E-state index contributed by atoms with van der Waals surface area (Å²) in [7, 11) is 0. The lowest BCUT2D eigenvalue weighted by Crippen LogP contribution is -2.40. The molecular weight excluding hydrogens is 304 g/mol. The molecule has 4 N–H and O–H groups in total. The van der Waals surface area contributed by atoms with Crippen LogP contribution in [-0.4, -0.2) is 22.8 Å². The van der Waals surface area contributed by atoms with Crippen molar-refractivity contribution < 1.29 is 9.59 Å². The lowest BCUT2D eigenvalue weighted by Gasteiger charge is -2.11. The number of nitrogens with one attached hydrogen (secondary N) is 2. The van der Waals surface area contributed by atoms with E-state index in [4.69, 9.17) is 5.73 Å². The van der Waals surface area contributed by atoms with Crippen molar-refractivity contribution >= 4 is 17.5 Å². The Morgan fingerprint density at radius 2 is 1.79 bits per heavy atom. The molecular formula is C18H22N4O2. The van der Waals surface area contributed by atoms with Crippen LogP contribution in [0.2, 0.25) is 0 Å². The lowest BCUT2D eigenvalue weighted by molar-refractivity contribution is -0.122. The maximum atomic E-state index is 12.1. The second-order valence-electron chi connectivity index (χ2n) is 5.50. The van der Waals surface area contributed by atoms with Crippen molar-refractivity contribution in [1.82, 2.24) is 10.3 Å². The molecule has 0 spiro atoms. The van der Waals surface area contributed by atoms with Crippen molar-refractivity contribution in [2.45, 2.75) is 32.4 Å². The molecule has 2 amide bonds. The molecule has 1 aromatic carbocycles. The van der Waals surface area contributed by atoms with Gasteiger partial charge < -0.3 is 16.4 Å². The number of hydrogen-bond acceptors (Lipinski definition) is 4. The summed E-state index contributed by atoms with van der Waals surface area (Å²) in [4.78, 5) is 27.8. The standard InChI is InChI=1S/C18H22N4O2/c1-2-3-16(19)18(24)21-12-13-4-6-14(7-5-13)17(23)22-15-8-10-20-11-9-15/h4-11,16H,2-3,12,19H2,1H3,(H,21,24)(H,20,22,23). The molecule has 126 valence electrons. The highest BCUT2D eigenvalue weighted by Gasteiger charge is 2.11. The molecule has 6 heteroatoms. The van der Waals surface area contributed by atoms with E-state index in [1.807, 2.05) is 19.1 Å². The van der Waals surface area contributed by atoms with E-state index in [-0.39, 0.29) is 11.8 Å². The molecule has 2 aromatic rings. The van der Waals surface area contributed by atoms with Crippen LogP contribution < -0.4 is 16.4 Å². The minimum Gasteiger partial charge on any atom is -0.351 e. The molecule has 24 heavy (non-hydrogen) atoms. The van der Waals surface area contributed by atoms with Gasteiger partial charge in [0, 0.05) is 30.2 Å². The van der Waals surface area contributed by atoms with Crippen LogP contribution in [0.1, 0.15) is 35.7 Å². The molecule has 1 unspecified atom stereocenters. The number of rotatable bonds is 7. The highest BCUT2D eigenvalue weighted by Crippen LogP contribution is 2.09. The van der Waals surface area contributed by atoms with E-state index >= 15 is 0 Å². The van der Waals surface area contributed by atoms with Gasteiger partial charge in [0.15, 0.2) is 0 Å². The second kappa shape index (κ2) is 8.79. The number of benzene rings is 1. The fraction of sp³-hybridized carbons (Fsp3) is 0.278. The quantitative estimate of drug-likeness (QED) is 0.725. The molecule has 1 aromatic heterocycles. The zero-order valence-electron chi connectivity index (χ0n) is 13.7. The monoisotopic (exact) mass is 326 g/mol. The van der Waals surface area contributed by atoms with Gasteiger partial charge in [-0.3, -0.25) is 14.6 Å². The zero-order chi connectivity index (χ0) is 17.4. The van der Waals surface area contributed by atoms with Crippen LogP contribution in [0.5, 0.6) is 0 Å². The van der Waals surface area contributed by atoms with Crippen LogP contribution in [-0.2, 0) is 11.3 Å². The summed E-state index contributed by atoms with van der Waals surface area (Å²) in [6, 6.07) is 10.1. The molecule has 0 saturated carbocycles. The first-order valence-electron chi connectivity index (χ1n) is 7.93. The fourth-order valence-corrected chi connectivity index (χ4v) is 2.17. The predicted octanol–water partition coefficient (Wildman–Crippen LogP) is 2.08. The van der Waals surface area contributed by atoms with Gasteiger partial charge in [0.05, 0.1) is 6.04 Å². The maximum absolute atomic E-state index is 12.1. The van der Waals surface area contributed by atoms with Gasteiger partial charge in [0.1, 0.15) is 0 Å². The lowest BCUT2D eigenvalue weighted by atomic mass is 10.1. The third-order valence-electron chi connectivity index (χ3n) is 3.56. The van der Waals surface area contributed by atoms with Crippen molar-refractivity contribution in [3.8, 4) is 0 Å². The number of carbonyl (C=O) groups is 2. The van der Waals surface area contributed by atoms with Gasteiger partial charge in [-0.25, -0.2) is 0 Å². The van der Waals surface area contributed by atoms with Crippen LogP contribution in [0.3, 0.4) is 0 Å². The number of carbonyl (C=O) groups excluding carboxylic acids is 2. The molecule has 0 fully saturated rings. The van der Waals surface area contributed by atoms with Crippen molar-refractivity contribution in [1.29, 1.82) is 0 Å². The Balaban J connectivity index is 1.88. The summed E-state index contributed by atoms with van der Waals surface area (Å²) in [5, 5.41) is 5.59. The Bertz CT molecular complexity index is 671. The van der Waals surface area contributed by atoms with E-state index in [1.165, 1.54) is 0 Å². The maximum Gasteiger partial charge on any atom is 0.255 e. The third kappa shape index (κ3) is 5.17. The Labute approximate surface area is 141 Å². The van der Waals surface area contributed by atoms with Gasteiger partial charge in [-0.1, -0.05) is 25.5 Å². The summed E-state index contributed by atoms with van der Waals surface area (Å²) in [5.41, 5.74) is 7.91. The summed E-state index contributed by atoms with van der Waals surface area (Å²) in [6.45, 7) is 2.38. The molecule has 1 heterocycles. The molecule has 0 radical (unpaired) electrons. The Kier molecular flexibility index (Phi) is 6.45. The van der Waals surface area contributed by atoms with E-state index in [0.717, 1.165) is 12.0 Å². The SMILES string of the molecule is CCCC(N)C(=O)NCc1ccc(C(=O)Nc2ccncc2)cc1. The molecule has 0 aliphatic rings. The molecule has 0 saturated heterocycles. The van der Waals surface area contributed by atoms with Crippen molar-refractivity contribution in [3.63, 3.8) is 0 Å². The predicted molar refractivity (Wildman–Crippen MR) is 93.4 cm³/mol. The Hall–Kier alpha value is -2.73. The average Bonchev–Trinajstić information content (AvgIpc) is 2.61. The van der Waals surface area contributed by atoms with E-state index in [1.54, 1.807) is 36.7 Å². The van der Waals surface area contributed by atoms with Crippen LogP contribution in [0.4, 0.5) is 5.69 Å². The summed E-state index contributed by atoms with van der Waals surface area (Å²) < 4.78 is 0. The van der Waals surface area contributed by atoms with Crippen molar-refractivity contribution in [3.05, 3.63) is 59.9 Å². The Morgan fingerprint density at radius 3 is 2.42 bits per heavy atom. The molecule has 1 atom stereocenters. The van der Waals surface area contributed by atoms with Crippen LogP contribution in [0.25, 0.3) is 0 Å².